The molecule has 0 spiro atoms. The Hall–Kier alpha value is -2.64. The fraction of sp³-hybridized carbons (Fsp3) is 0.529. The SMILES string of the molecule is CCc1c[nH]c2ncnc(N3CC(C(=O)OC)CC(C(=O)OC)C3)c12. The van der Waals surface area contributed by atoms with E-state index in [2.05, 4.69) is 21.9 Å². The van der Waals surface area contributed by atoms with E-state index in [1.54, 1.807) is 0 Å². The molecule has 0 saturated carbocycles. The lowest BCUT2D eigenvalue weighted by molar-refractivity contribution is -0.150. The number of anilines is 1. The molecule has 1 fully saturated rings. The lowest BCUT2D eigenvalue weighted by Crippen LogP contribution is -2.46. The molecule has 2 unspecified atom stereocenters. The van der Waals surface area contributed by atoms with Gasteiger partial charge in [-0.05, 0) is 18.4 Å². The number of aromatic amines is 1. The number of carbonyl (C=O) groups is 2. The van der Waals surface area contributed by atoms with E-state index in [0.29, 0.717) is 19.5 Å². The molecule has 0 aliphatic carbocycles. The highest BCUT2D eigenvalue weighted by Crippen LogP contribution is 2.32. The first-order valence-electron chi connectivity index (χ1n) is 8.30. The van der Waals surface area contributed by atoms with Crippen LogP contribution < -0.4 is 4.90 Å². The Balaban J connectivity index is 2.01. The molecule has 8 nitrogen and oxygen atoms in total. The van der Waals surface area contributed by atoms with Crippen molar-refractivity contribution in [2.75, 3.05) is 32.2 Å². The van der Waals surface area contributed by atoms with Crippen LogP contribution in [-0.2, 0) is 25.5 Å². The van der Waals surface area contributed by atoms with Crippen LogP contribution in [0.2, 0.25) is 0 Å². The lowest BCUT2D eigenvalue weighted by Gasteiger charge is -2.36. The molecule has 2 atom stereocenters. The van der Waals surface area contributed by atoms with Crippen molar-refractivity contribution in [2.24, 2.45) is 11.8 Å². The van der Waals surface area contributed by atoms with Crippen molar-refractivity contribution in [1.29, 1.82) is 0 Å². The molecule has 8 heteroatoms. The first-order chi connectivity index (χ1) is 12.1. The van der Waals surface area contributed by atoms with Crippen LogP contribution in [0.5, 0.6) is 0 Å². The molecule has 1 N–H and O–H groups in total. The van der Waals surface area contributed by atoms with Gasteiger partial charge in [-0.3, -0.25) is 9.59 Å². The predicted octanol–water partition coefficient (Wildman–Crippen LogP) is 1.31. The van der Waals surface area contributed by atoms with Gasteiger partial charge < -0.3 is 19.4 Å². The van der Waals surface area contributed by atoms with Crippen LogP contribution in [0.1, 0.15) is 18.9 Å². The van der Waals surface area contributed by atoms with Crippen molar-refractivity contribution in [3.63, 3.8) is 0 Å². The number of esters is 2. The Morgan fingerprint density at radius 3 is 2.40 bits per heavy atom. The van der Waals surface area contributed by atoms with Crippen LogP contribution in [0.3, 0.4) is 0 Å². The van der Waals surface area contributed by atoms with Crippen LogP contribution in [-0.4, -0.2) is 54.2 Å². The van der Waals surface area contributed by atoms with Gasteiger partial charge in [-0.15, -0.1) is 0 Å². The zero-order valence-corrected chi connectivity index (χ0v) is 14.6. The van der Waals surface area contributed by atoms with Crippen LogP contribution >= 0.6 is 0 Å². The maximum Gasteiger partial charge on any atom is 0.310 e. The standard InChI is InChI=1S/C17H22N4O4/c1-4-10-6-18-14-13(10)15(20-9-19-14)21-7-11(16(22)24-2)5-12(8-21)17(23)25-3/h6,9,11-12H,4-5,7-8H2,1-3H3,(H,18,19,20). The third-order valence-corrected chi connectivity index (χ3v) is 4.73. The number of hydrogen-bond acceptors (Lipinski definition) is 7. The highest BCUT2D eigenvalue weighted by molar-refractivity contribution is 5.91. The topological polar surface area (TPSA) is 97.4 Å². The van der Waals surface area contributed by atoms with Crippen molar-refractivity contribution < 1.29 is 19.1 Å². The van der Waals surface area contributed by atoms with Crippen LogP contribution in [0, 0.1) is 11.8 Å². The molecule has 0 radical (unpaired) electrons. The van der Waals surface area contributed by atoms with Crippen molar-refractivity contribution in [3.05, 3.63) is 18.1 Å². The molecule has 1 saturated heterocycles. The highest BCUT2D eigenvalue weighted by atomic mass is 16.5. The highest BCUT2D eigenvalue weighted by Gasteiger charge is 2.37. The molecule has 2 aromatic rings. The molecule has 25 heavy (non-hydrogen) atoms. The first-order valence-corrected chi connectivity index (χ1v) is 8.30. The maximum absolute atomic E-state index is 12.1. The van der Waals surface area contributed by atoms with Gasteiger partial charge in [0.1, 0.15) is 17.8 Å². The summed E-state index contributed by atoms with van der Waals surface area (Å²) in [6.45, 7) is 2.95. The minimum Gasteiger partial charge on any atom is -0.469 e. The number of rotatable bonds is 4. The average molecular weight is 346 g/mol. The minimum absolute atomic E-state index is 0.325. The van der Waals surface area contributed by atoms with Crippen LogP contribution in [0.25, 0.3) is 11.0 Å². The Morgan fingerprint density at radius 2 is 1.84 bits per heavy atom. The van der Waals surface area contributed by atoms with E-state index >= 15 is 0 Å². The smallest absolute Gasteiger partial charge is 0.310 e. The zero-order valence-electron chi connectivity index (χ0n) is 14.6. The van der Waals surface area contributed by atoms with E-state index in [0.717, 1.165) is 28.8 Å². The Labute approximate surface area is 145 Å². The van der Waals surface area contributed by atoms with E-state index in [4.69, 9.17) is 9.47 Å². The quantitative estimate of drug-likeness (QED) is 0.834. The first kappa shape index (κ1) is 17.2. The molecule has 1 aliphatic rings. The third-order valence-electron chi connectivity index (χ3n) is 4.73. The summed E-state index contributed by atoms with van der Waals surface area (Å²) in [5, 5.41) is 0.930. The lowest BCUT2D eigenvalue weighted by atomic mass is 9.89. The summed E-state index contributed by atoms with van der Waals surface area (Å²) < 4.78 is 9.79. The fourth-order valence-corrected chi connectivity index (χ4v) is 3.47. The summed E-state index contributed by atoms with van der Waals surface area (Å²) in [6, 6.07) is 0. The van der Waals surface area contributed by atoms with Gasteiger partial charge >= 0.3 is 11.9 Å². The number of hydrogen-bond donors (Lipinski definition) is 1. The number of aromatic nitrogens is 3. The monoisotopic (exact) mass is 346 g/mol. The molecular formula is C17H22N4O4. The minimum atomic E-state index is -0.406. The number of aryl methyl sites for hydroxylation is 1. The van der Waals surface area contributed by atoms with Gasteiger partial charge in [-0.2, -0.15) is 0 Å². The Morgan fingerprint density at radius 1 is 1.20 bits per heavy atom. The van der Waals surface area contributed by atoms with Crippen molar-refractivity contribution >= 4 is 28.8 Å². The average Bonchev–Trinajstić information content (AvgIpc) is 3.09. The van der Waals surface area contributed by atoms with Gasteiger partial charge in [0.25, 0.3) is 0 Å². The van der Waals surface area contributed by atoms with Crippen molar-refractivity contribution in [2.45, 2.75) is 19.8 Å². The second-order valence-electron chi connectivity index (χ2n) is 6.17. The van der Waals surface area contributed by atoms with E-state index < -0.39 is 11.8 Å². The van der Waals surface area contributed by atoms with Gasteiger partial charge in [0.05, 0.1) is 31.4 Å². The number of H-pyrrole nitrogens is 1. The summed E-state index contributed by atoms with van der Waals surface area (Å²) in [6.07, 6.45) is 4.65. The van der Waals surface area contributed by atoms with E-state index in [-0.39, 0.29) is 11.9 Å². The normalized spacial score (nSPS) is 20.5. The molecule has 0 amide bonds. The molecule has 3 heterocycles. The summed E-state index contributed by atoms with van der Waals surface area (Å²) in [7, 11) is 2.72. The van der Waals surface area contributed by atoms with Gasteiger partial charge in [-0.1, -0.05) is 6.92 Å². The second-order valence-corrected chi connectivity index (χ2v) is 6.17. The number of nitrogens with zero attached hydrogens (tertiary/aromatic N) is 3. The molecule has 134 valence electrons. The summed E-state index contributed by atoms with van der Waals surface area (Å²) in [5.41, 5.74) is 1.84. The predicted molar refractivity (Wildman–Crippen MR) is 91.1 cm³/mol. The van der Waals surface area contributed by atoms with Gasteiger partial charge in [0.15, 0.2) is 0 Å². The zero-order chi connectivity index (χ0) is 18.0. The van der Waals surface area contributed by atoms with E-state index in [1.807, 2.05) is 11.1 Å². The number of fused-ring (bicyclic) bond motifs is 1. The van der Waals surface area contributed by atoms with Crippen molar-refractivity contribution in [1.82, 2.24) is 15.0 Å². The largest absolute Gasteiger partial charge is 0.469 e. The van der Waals surface area contributed by atoms with Crippen molar-refractivity contribution in [3.8, 4) is 0 Å². The molecule has 2 aromatic heterocycles. The molecule has 3 rings (SSSR count). The fourth-order valence-electron chi connectivity index (χ4n) is 3.47. The number of methoxy groups -OCH3 is 2. The molecule has 1 aliphatic heterocycles. The number of nitrogens with one attached hydrogen (secondary N) is 1. The molecular weight excluding hydrogens is 324 g/mol. The summed E-state index contributed by atoms with van der Waals surface area (Å²) >= 11 is 0. The van der Waals surface area contributed by atoms with Crippen LogP contribution in [0.4, 0.5) is 5.82 Å². The summed E-state index contributed by atoms with van der Waals surface area (Å²) in [5.74, 6) is -0.734. The van der Waals surface area contributed by atoms with E-state index in [1.165, 1.54) is 20.5 Å². The summed E-state index contributed by atoms with van der Waals surface area (Å²) in [4.78, 5) is 38.0. The van der Waals surface area contributed by atoms with Gasteiger partial charge in [0.2, 0.25) is 0 Å². The maximum atomic E-state index is 12.1. The second kappa shape index (κ2) is 7.08. The number of carbonyl (C=O) groups excluding carboxylic acids is 2. The van der Waals surface area contributed by atoms with Crippen LogP contribution in [0.15, 0.2) is 12.5 Å². The Bertz CT molecular complexity index is 764. The molecule has 0 bridgehead atoms. The Kier molecular flexibility index (Phi) is 4.87. The third kappa shape index (κ3) is 3.16. The molecule has 0 aromatic carbocycles. The van der Waals surface area contributed by atoms with E-state index in [9.17, 15) is 9.59 Å². The van der Waals surface area contributed by atoms with Gasteiger partial charge in [0, 0.05) is 19.3 Å². The van der Waals surface area contributed by atoms with Gasteiger partial charge in [-0.25, -0.2) is 9.97 Å². The number of piperidine rings is 1. The number of ether oxygens (including phenoxy) is 2.